The minimum absolute atomic E-state index is 0.207. The van der Waals surface area contributed by atoms with E-state index in [1.54, 1.807) is 41.5 Å². The van der Waals surface area contributed by atoms with Crippen molar-refractivity contribution in [1.82, 2.24) is 10.6 Å². The fourth-order valence-electron chi connectivity index (χ4n) is 2.43. The van der Waals surface area contributed by atoms with E-state index in [2.05, 4.69) is 10.6 Å². The maximum absolute atomic E-state index is 12.5. The molecule has 0 aliphatic heterocycles. The molecule has 0 aliphatic carbocycles. The zero-order valence-electron chi connectivity index (χ0n) is 19.0. The number of esters is 1. The molecule has 0 saturated carbocycles. The van der Waals surface area contributed by atoms with Crippen LogP contribution in [0, 0.1) is 5.41 Å². The highest BCUT2D eigenvalue weighted by molar-refractivity contribution is 5.87. The molecule has 0 saturated heterocycles. The van der Waals surface area contributed by atoms with Crippen molar-refractivity contribution in [2.45, 2.75) is 79.1 Å². The molecule has 168 valence electrons. The molecule has 0 fully saturated rings. The van der Waals surface area contributed by atoms with Gasteiger partial charge in [0.2, 0.25) is 5.91 Å². The average Bonchev–Trinajstić information content (AvgIpc) is 2.63. The van der Waals surface area contributed by atoms with Crippen LogP contribution in [0.1, 0.15) is 66.4 Å². The quantitative estimate of drug-likeness (QED) is 0.466. The number of amides is 2. The molecule has 2 N–H and O–H groups in total. The molecule has 7 nitrogen and oxygen atoms in total. The Bertz CT molecular complexity index is 690. The highest BCUT2D eigenvalue weighted by atomic mass is 16.6. The molecular formula is C23H36N2O5. The van der Waals surface area contributed by atoms with Crippen molar-refractivity contribution in [3.05, 3.63) is 35.9 Å². The summed E-state index contributed by atoms with van der Waals surface area (Å²) in [7, 11) is 0. The Morgan fingerprint density at radius 3 is 2.17 bits per heavy atom. The summed E-state index contributed by atoms with van der Waals surface area (Å²) < 4.78 is 10.6. The summed E-state index contributed by atoms with van der Waals surface area (Å²) in [5, 5.41) is 5.49. The molecule has 2 amide bonds. The van der Waals surface area contributed by atoms with Crippen molar-refractivity contribution in [2.24, 2.45) is 5.41 Å². The predicted molar refractivity (Wildman–Crippen MR) is 116 cm³/mol. The highest BCUT2D eigenvalue weighted by Gasteiger charge is 2.30. The van der Waals surface area contributed by atoms with Crippen molar-refractivity contribution in [2.75, 3.05) is 6.54 Å². The molecule has 0 aromatic heterocycles. The van der Waals surface area contributed by atoms with E-state index in [0.717, 1.165) is 5.56 Å². The molecule has 1 atom stereocenters. The maximum atomic E-state index is 12.5. The lowest BCUT2D eigenvalue weighted by Gasteiger charge is -2.27. The third-order valence-electron chi connectivity index (χ3n) is 4.08. The lowest BCUT2D eigenvalue weighted by atomic mass is 9.94. The number of hydrogen-bond donors (Lipinski definition) is 2. The standard InChI is InChI=1S/C23H36N2O5/c1-22(2,3)20(27)25-18(19(26)30-23(4,5)6)14-10-11-15-24-21(28)29-16-17-12-8-7-9-13-17/h7-9,12-13,18H,10-11,14-16H2,1-6H3,(H,24,28)(H,25,27)/t18-/m0/s1. The van der Waals surface area contributed by atoms with Crippen LogP contribution in [-0.4, -0.2) is 36.2 Å². The molecular weight excluding hydrogens is 384 g/mol. The first kappa shape index (κ1) is 25.5. The van der Waals surface area contributed by atoms with E-state index in [9.17, 15) is 14.4 Å². The van der Waals surface area contributed by atoms with Gasteiger partial charge in [-0.3, -0.25) is 4.79 Å². The first-order valence-electron chi connectivity index (χ1n) is 10.4. The molecule has 30 heavy (non-hydrogen) atoms. The first-order valence-corrected chi connectivity index (χ1v) is 10.4. The fraction of sp³-hybridized carbons (Fsp3) is 0.609. The molecule has 1 aromatic carbocycles. The van der Waals surface area contributed by atoms with Crippen LogP contribution in [-0.2, 0) is 25.7 Å². The van der Waals surface area contributed by atoms with E-state index in [1.807, 2.05) is 30.3 Å². The van der Waals surface area contributed by atoms with Crippen molar-refractivity contribution in [3.8, 4) is 0 Å². The maximum Gasteiger partial charge on any atom is 0.407 e. The summed E-state index contributed by atoms with van der Waals surface area (Å²) in [4.78, 5) is 36.6. The predicted octanol–water partition coefficient (Wildman–Crippen LogP) is 3.96. The minimum Gasteiger partial charge on any atom is -0.458 e. The lowest BCUT2D eigenvalue weighted by molar-refractivity contribution is -0.159. The Kier molecular flexibility index (Phi) is 9.82. The van der Waals surface area contributed by atoms with Gasteiger partial charge in [-0.1, -0.05) is 51.1 Å². The smallest absolute Gasteiger partial charge is 0.407 e. The molecule has 0 heterocycles. The van der Waals surface area contributed by atoms with Crippen LogP contribution in [0.5, 0.6) is 0 Å². The van der Waals surface area contributed by atoms with Crippen LogP contribution >= 0.6 is 0 Å². The Morgan fingerprint density at radius 1 is 0.967 bits per heavy atom. The van der Waals surface area contributed by atoms with Gasteiger partial charge in [0.05, 0.1) is 0 Å². The summed E-state index contributed by atoms with van der Waals surface area (Å²) >= 11 is 0. The molecule has 7 heteroatoms. The third kappa shape index (κ3) is 10.8. The molecule has 0 unspecified atom stereocenters. The van der Waals surface area contributed by atoms with Gasteiger partial charge in [0, 0.05) is 12.0 Å². The van der Waals surface area contributed by atoms with Crippen molar-refractivity contribution in [1.29, 1.82) is 0 Å². The van der Waals surface area contributed by atoms with E-state index >= 15 is 0 Å². The van der Waals surface area contributed by atoms with Crippen molar-refractivity contribution < 1.29 is 23.9 Å². The van der Waals surface area contributed by atoms with Crippen LogP contribution in [0.3, 0.4) is 0 Å². The van der Waals surface area contributed by atoms with Gasteiger partial charge in [0.1, 0.15) is 18.2 Å². The van der Waals surface area contributed by atoms with Crippen LogP contribution in [0.2, 0.25) is 0 Å². The Labute approximate surface area is 179 Å². The van der Waals surface area contributed by atoms with E-state index in [4.69, 9.17) is 9.47 Å². The molecule has 0 radical (unpaired) electrons. The van der Waals surface area contributed by atoms with Gasteiger partial charge >= 0.3 is 12.1 Å². The molecule has 1 aromatic rings. The van der Waals surface area contributed by atoms with Crippen LogP contribution < -0.4 is 10.6 Å². The van der Waals surface area contributed by atoms with Gasteiger partial charge in [-0.05, 0) is 45.6 Å². The monoisotopic (exact) mass is 420 g/mol. The Hall–Kier alpha value is -2.57. The zero-order valence-corrected chi connectivity index (χ0v) is 19.0. The summed E-state index contributed by atoms with van der Waals surface area (Å²) in [6.45, 7) is 11.4. The van der Waals surface area contributed by atoms with Crippen LogP contribution in [0.4, 0.5) is 4.79 Å². The number of ether oxygens (including phenoxy) is 2. The van der Waals surface area contributed by atoms with Gasteiger partial charge in [-0.15, -0.1) is 0 Å². The topological polar surface area (TPSA) is 93.7 Å². The first-order chi connectivity index (χ1) is 13.9. The lowest BCUT2D eigenvalue weighted by Crippen LogP contribution is -2.47. The molecule has 0 aliphatic rings. The number of unbranched alkanes of at least 4 members (excludes halogenated alkanes) is 1. The zero-order chi connectivity index (χ0) is 22.8. The number of nitrogens with one attached hydrogen (secondary N) is 2. The van der Waals surface area contributed by atoms with Crippen molar-refractivity contribution >= 4 is 18.0 Å². The average molecular weight is 421 g/mol. The number of benzene rings is 1. The minimum atomic E-state index is -0.721. The number of hydrogen-bond acceptors (Lipinski definition) is 5. The molecule has 0 bridgehead atoms. The fourth-order valence-corrected chi connectivity index (χ4v) is 2.43. The normalized spacial score (nSPS) is 12.6. The van der Waals surface area contributed by atoms with Crippen LogP contribution in [0.15, 0.2) is 30.3 Å². The van der Waals surface area contributed by atoms with Gasteiger partial charge in [0.25, 0.3) is 0 Å². The Balaban J connectivity index is 2.41. The van der Waals surface area contributed by atoms with Gasteiger partial charge in [-0.25, -0.2) is 9.59 Å². The van der Waals surface area contributed by atoms with Gasteiger partial charge < -0.3 is 20.1 Å². The number of rotatable bonds is 9. The number of carbonyl (C=O) groups is 3. The van der Waals surface area contributed by atoms with E-state index < -0.39 is 29.1 Å². The number of alkyl carbamates (subject to hydrolysis) is 1. The highest BCUT2D eigenvalue weighted by Crippen LogP contribution is 2.16. The molecule has 1 rings (SSSR count). The van der Waals surface area contributed by atoms with E-state index in [0.29, 0.717) is 25.8 Å². The van der Waals surface area contributed by atoms with Gasteiger partial charge in [0.15, 0.2) is 0 Å². The largest absolute Gasteiger partial charge is 0.458 e. The second-order valence-electron chi connectivity index (χ2n) is 9.29. The third-order valence-corrected chi connectivity index (χ3v) is 4.08. The SMILES string of the molecule is CC(C)(C)OC(=O)[C@H](CCCCNC(=O)OCc1ccccc1)NC(=O)C(C)(C)C. The van der Waals surface area contributed by atoms with Gasteiger partial charge in [-0.2, -0.15) is 0 Å². The van der Waals surface area contributed by atoms with Crippen LogP contribution in [0.25, 0.3) is 0 Å². The summed E-state index contributed by atoms with van der Waals surface area (Å²) in [6, 6.07) is 8.72. The molecule has 0 spiro atoms. The number of carbonyl (C=O) groups excluding carboxylic acids is 3. The van der Waals surface area contributed by atoms with E-state index in [-0.39, 0.29) is 12.5 Å². The summed E-state index contributed by atoms with van der Waals surface area (Å²) in [6.07, 6.45) is 1.22. The second-order valence-corrected chi connectivity index (χ2v) is 9.29. The van der Waals surface area contributed by atoms with Crippen molar-refractivity contribution in [3.63, 3.8) is 0 Å². The van der Waals surface area contributed by atoms with E-state index in [1.165, 1.54) is 0 Å². The summed E-state index contributed by atoms with van der Waals surface area (Å²) in [5.74, 6) is -0.656. The Morgan fingerprint density at radius 2 is 1.60 bits per heavy atom. The summed E-state index contributed by atoms with van der Waals surface area (Å²) in [5.41, 5.74) is -0.321. The second kappa shape index (κ2) is 11.6.